The lowest BCUT2D eigenvalue weighted by atomic mass is 10.2. The van der Waals surface area contributed by atoms with Crippen LogP contribution in [0.4, 0.5) is 5.69 Å². The molecule has 1 aliphatic heterocycles. The number of carbonyl (C=O) groups is 2. The molecular formula is C21H18N4O5. The monoisotopic (exact) mass is 406 g/mol. The van der Waals surface area contributed by atoms with Gasteiger partial charge in [0, 0.05) is 30.7 Å². The quantitative estimate of drug-likeness (QED) is 0.578. The number of nitrogens with zero attached hydrogens (tertiary/aromatic N) is 4. The van der Waals surface area contributed by atoms with Crippen molar-refractivity contribution in [3.05, 3.63) is 54.5 Å². The second-order valence-corrected chi connectivity index (χ2v) is 6.45. The van der Waals surface area contributed by atoms with E-state index < -0.39 is 18.5 Å². The predicted octanol–water partition coefficient (Wildman–Crippen LogP) is 2.21. The van der Waals surface area contributed by atoms with Crippen molar-refractivity contribution in [2.75, 3.05) is 31.3 Å². The highest BCUT2D eigenvalue weighted by Gasteiger charge is 2.21. The van der Waals surface area contributed by atoms with Gasteiger partial charge in [0.25, 0.3) is 5.91 Å². The number of esters is 1. The Hall–Kier alpha value is -4.06. The van der Waals surface area contributed by atoms with Crippen LogP contribution in [0.25, 0.3) is 5.65 Å². The van der Waals surface area contributed by atoms with E-state index in [9.17, 15) is 9.59 Å². The van der Waals surface area contributed by atoms with Crippen LogP contribution in [0.5, 0.6) is 11.5 Å². The van der Waals surface area contributed by atoms with Gasteiger partial charge in [0.1, 0.15) is 18.9 Å². The van der Waals surface area contributed by atoms with Gasteiger partial charge in [0.15, 0.2) is 23.8 Å². The molecule has 2 aromatic heterocycles. The van der Waals surface area contributed by atoms with Crippen LogP contribution in [0, 0.1) is 11.3 Å². The van der Waals surface area contributed by atoms with Crippen molar-refractivity contribution in [1.29, 1.82) is 5.26 Å². The summed E-state index contributed by atoms with van der Waals surface area (Å²) in [6.07, 6.45) is 3.42. The summed E-state index contributed by atoms with van der Waals surface area (Å²) < 4.78 is 17.9. The van der Waals surface area contributed by atoms with Crippen LogP contribution in [-0.2, 0) is 9.53 Å². The summed E-state index contributed by atoms with van der Waals surface area (Å²) in [7, 11) is 0. The Morgan fingerprint density at radius 3 is 2.83 bits per heavy atom. The standard InChI is InChI=1S/C21H18N4O5/c22-7-3-9-25(15-5-6-17-18(12-15)29-11-10-28-17)20(26)14-30-21(27)16-13-24-8-2-1-4-19(24)23-16/h1-2,4-6,8,12-13H,3,9-11,14H2. The second-order valence-electron chi connectivity index (χ2n) is 6.45. The van der Waals surface area contributed by atoms with Crippen LogP contribution in [0.2, 0.25) is 0 Å². The number of benzene rings is 1. The number of nitriles is 1. The fourth-order valence-electron chi connectivity index (χ4n) is 3.07. The topological polar surface area (TPSA) is 106 Å². The number of ether oxygens (including phenoxy) is 3. The van der Waals surface area contributed by atoms with Crippen molar-refractivity contribution in [2.45, 2.75) is 6.42 Å². The lowest BCUT2D eigenvalue weighted by molar-refractivity contribution is -0.121. The van der Waals surface area contributed by atoms with Gasteiger partial charge in [-0.3, -0.25) is 4.79 Å². The molecule has 1 aliphatic rings. The van der Waals surface area contributed by atoms with E-state index in [4.69, 9.17) is 19.5 Å². The van der Waals surface area contributed by atoms with E-state index in [2.05, 4.69) is 4.98 Å². The number of hydrogen-bond donors (Lipinski definition) is 0. The maximum Gasteiger partial charge on any atom is 0.359 e. The molecule has 0 spiro atoms. The van der Waals surface area contributed by atoms with Crippen molar-refractivity contribution < 1.29 is 23.8 Å². The molecule has 9 nitrogen and oxygen atoms in total. The van der Waals surface area contributed by atoms with Gasteiger partial charge in [-0.15, -0.1) is 0 Å². The Morgan fingerprint density at radius 1 is 1.20 bits per heavy atom. The molecule has 0 atom stereocenters. The van der Waals surface area contributed by atoms with Gasteiger partial charge in [-0.2, -0.15) is 5.26 Å². The van der Waals surface area contributed by atoms with Crippen molar-refractivity contribution in [2.24, 2.45) is 0 Å². The van der Waals surface area contributed by atoms with Gasteiger partial charge in [-0.25, -0.2) is 9.78 Å². The average Bonchev–Trinajstić information content (AvgIpc) is 3.22. The van der Waals surface area contributed by atoms with E-state index in [1.165, 1.54) is 11.1 Å². The molecule has 0 N–H and O–H groups in total. The predicted molar refractivity (Wildman–Crippen MR) is 105 cm³/mol. The zero-order chi connectivity index (χ0) is 20.9. The number of imidazole rings is 1. The van der Waals surface area contributed by atoms with Gasteiger partial charge < -0.3 is 23.5 Å². The first-order valence-corrected chi connectivity index (χ1v) is 9.33. The summed E-state index contributed by atoms with van der Waals surface area (Å²) in [5.74, 6) is -0.0420. The van der Waals surface area contributed by atoms with Crippen LogP contribution >= 0.6 is 0 Å². The van der Waals surface area contributed by atoms with Crippen LogP contribution in [-0.4, -0.2) is 47.6 Å². The van der Waals surface area contributed by atoms with Gasteiger partial charge >= 0.3 is 5.97 Å². The largest absolute Gasteiger partial charge is 0.486 e. The van der Waals surface area contributed by atoms with E-state index in [1.54, 1.807) is 40.9 Å². The van der Waals surface area contributed by atoms with E-state index in [0.29, 0.717) is 36.0 Å². The molecule has 0 saturated carbocycles. The molecule has 1 aromatic carbocycles. The van der Waals surface area contributed by atoms with E-state index in [-0.39, 0.29) is 18.7 Å². The lowest BCUT2D eigenvalue weighted by Gasteiger charge is -2.24. The third-order valence-electron chi connectivity index (χ3n) is 4.49. The molecule has 30 heavy (non-hydrogen) atoms. The van der Waals surface area contributed by atoms with Gasteiger partial charge in [-0.1, -0.05) is 6.07 Å². The summed E-state index contributed by atoms with van der Waals surface area (Å²) in [6, 6.07) is 12.5. The number of aromatic nitrogens is 2. The molecule has 0 radical (unpaired) electrons. The SMILES string of the molecule is N#CCCN(C(=O)COC(=O)c1cn2ccccc2n1)c1ccc2c(c1)OCCO2. The second kappa shape index (κ2) is 8.53. The Kier molecular flexibility index (Phi) is 5.48. The summed E-state index contributed by atoms with van der Waals surface area (Å²) >= 11 is 0. The molecular weight excluding hydrogens is 388 g/mol. The molecule has 1 amide bonds. The fourth-order valence-corrected chi connectivity index (χ4v) is 3.07. The third kappa shape index (κ3) is 4.03. The van der Waals surface area contributed by atoms with Crippen LogP contribution in [0.15, 0.2) is 48.8 Å². The minimum absolute atomic E-state index is 0.108. The first kappa shape index (κ1) is 19.3. The number of anilines is 1. The minimum Gasteiger partial charge on any atom is -0.486 e. The zero-order valence-electron chi connectivity index (χ0n) is 16.0. The summed E-state index contributed by atoms with van der Waals surface area (Å²) in [5, 5.41) is 8.94. The number of amides is 1. The number of hydrogen-bond acceptors (Lipinski definition) is 7. The van der Waals surface area contributed by atoms with Crippen molar-refractivity contribution in [1.82, 2.24) is 9.38 Å². The van der Waals surface area contributed by atoms with E-state index in [0.717, 1.165) is 0 Å². The molecule has 9 heteroatoms. The normalized spacial score (nSPS) is 12.2. The molecule has 0 fully saturated rings. The molecule has 152 valence electrons. The van der Waals surface area contributed by atoms with Crippen molar-refractivity contribution in [3.63, 3.8) is 0 Å². The smallest absolute Gasteiger partial charge is 0.359 e. The molecule has 0 saturated heterocycles. The highest BCUT2D eigenvalue weighted by Crippen LogP contribution is 2.34. The molecule has 4 rings (SSSR count). The summed E-state index contributed by atoms with van der Waals surface area (Å²) in [6.45, 7) is 0.551. The van der Waals surface area contributed by atoms with Gasteiger partial charge in [0.05, 0.1) is 12.5 Å². The minimum atomic E-state index is -0.700. The van der Waals surface area contributed by atoms with E-state index >= 15 is 0 Å². The van der Waals surface area contributed by atoms with E-state index in [1.807, 2.05) is 12.1 Å². The Labute approximate surface area is 172 Å². The molecule has 3 aromatic rings. The Balaban J connectivity index is 1.46. The molecule has 0 aliphatic carbocycles. The number of pyridine rings is 1. The van der Waals surface area contributed by atoms with Crippen molar-refractivity contribution in [3.8, 4) is 17.6 Å². The maximum atomic E-state index is 12.8. The summed E-state index contributed by atoms with van der Waals surface area (Å²) in [5.41, 5.74) is 1.24. The summed E-state index contributed by atoms with van der Waals surface area (Å²) in [4.78, 5) is 30.7. The van der Waals surface area contributed by atoms with Gasteiger partial charge in [-0.05, 0) is 24.3 Å². The number of carbonyl (C=O) groups excluding carboxylic acids is 2. The Morgan fingerprint density at radius 2 is 2.03 bits per heavy atom. The number of rotatable bonds is 6. The molecule has 0 bridgehead atoms. The maximum absolute atomic E-state index is 12.8. The van der Waals surface area contributed by atoms with Crippen molar-refractivity contribution >= 4 is 23.2 Å². The lowest BCUT2D eigenvalue weighted by Crippen LogP contribution is -2.35. The Bertz CT molecular complexity index is 1100. The molecule has 0 unspecified atom stereocenters. The first-order valence-electron chi connectivity index (χ1n) is 9.33. The van der Waals surface area contributed by atoms with Gasteiger partial charge in [0.2, 0.25) is 0 Å². The first-order chi connectivity index (χ1) is 14.7. The van der Waals surface area contributed by atoms with Crippen LogP contribution in [0.1, 0.15) is 16.9 Å². The molecule has 3 heterocycles. The third-order valence-corrected chi connectivity index (χ3v) is 4.49. The fraction of sp³-hybridized carbons (Fsp3) is 0.238. The highest BCUT2D eigenvalue weighted by atomic mass is 16.6. The van der Waals surface area contributed by atoms with Crippen LogP contribution in [0.3, 0.4) is 0 Å². The zero-order valence-corrected chi connectivity index (χ0v) is 16.0. The number of fused-ring (bicyclic) bond motifs is 2. The van der Waals surface area contributed by atoms with Crippen LogP contribution < -0.4 is 14.4 Å². The highest BCUT2D eigenvalue weighted by molar-refractivity contribution is 5.97. The average molecular weight is 406 g/mol.